The van der Waals surface area contributed by atoms with E-state index < -0.39 is 0 Å². The molecular formula is C12H25N3S. The molecule has 0 aromatic rings. The van der Waals surface area contributed by atoms with Crippen LogP contribution in [0.3, 0.4) is 0 Å². The molecule has 0 aromatic carbocycles. The highest BCUT2D eigenvalue weighted by atomic mass is 32.2. The lowest BCUT2D eigenvalue weighted by Gasteiger charge is -2.50. The summed E-state index contributed by atoms with van der Waals surface area (Å²) < 4.78 is 0. The van der Waals surface area contributed by atoms with Crippen molar-refractivity contribution in [2.45, 2.75) is 30.6 Å². The highest BCUT2D eigenvalue weighted by Crippen LogP contribution is 2.30. The predicted octanol–water partition coefficient (Wildman–Crippen LogP) is 0.847. The molecule has 2 saturated heterocycles. The van der Waals surface area contributed by atoms with E-state index in [1.807, 2.05) is 0 Å². The predicted molar refractivity (Wildman–Crippen MR) is 72.0 cm³/mol. The molecule has 3 nitrogen and oxygen atoms in total. The number of hydrogen-bond donors (Lipinski definition) is 1. The van der Waals surface area contributed by atoms with Gasteiger partial charge in [-0.3, -0.25) is 4.90 Å². The average molecular weight is 243 g/mol. The summed E-state index contributed by atoms with van der Waals surface area (Å²) in [6, 6.07) is 0. The van der Waals surface area contributed by atoms with Gasteiger partial charge in [0.25, 0.3) is 0 Å². The summed E-state index contributed by atoms with van der Waals surface area (Å²) in [5, 5.41) is 0.768. The van der Waals surface area contributed by atoms with Gasteiger partial charge >= 0.3 is 0 Å². The fraction of sp³-hybridized carbons (Fsp3) is 1.00. The van der Waals surface area contributed by atoms with Crippen LogP contribution in [0, 0.1) is 0 Å². The van der Waals surface area contributed by atoms with Gasteiger partial charge in [0.05, 0.1) is 0 Å². The van der Waals surface area contributed by atoms with Crippen LogP contribution in [0.5, 0.6) is 0 Å². The minimum Gasteiger partial charge on any atom is -0.329 e. The van der Waals surface area contributed by atoms with E-state index >= 15 is 0 Å². The summed E-state index contributed by atoms with van der Waals surface area (Å²) in [6.45, 7) is 7.98. The van der Waals surface area contributed by atoms with E-state index in [2.05, 4.69) is 35.5 Å². The number of piperidine rings is 1. The average Bonchev–Trinajstić information content (AvgIpc) is 2.29. The molecule has 0 amide bonds. The fourth-order valence-corrected chi connectivity index (χ4v) is 4.16. The molecule has 0 aliphatic carbocycles. The largest absolute Gasteiger partial charge is 0.329 e. The topological polar surface area (TPSA) is 32.5 Å². The van der Waals surface area contributed by atoms with E-state index in [4.69, 9.17) is 5.73 Å². The molecule has 0 aromatic heterocycles. The van der Waals surface area contributed by atoms with Crippen LogP contribution in [0.2, 0.25) is 0 Å². The Hall–Kier alpha value is 0.230. The monoisotopic (exact) mass is 243 g/mol. The molecule has 0 bridgehead atoms. The fourth-order valence-electron chi connectivity index (χ4n) is 3.14. The van der Waals surface area contributed by atoms with Crippen LogP contribution in [0.15, 0.2) is 0 Å². The lowest BCUT2D eigenvalue weighted by atomic mass is 9.87. The van der Waals surface area contributed by atoms with Crippen LogP contribution in [0.4, 0.5) is 0 Å². The van der Waals surface area contributed by atoms with Crippen LogP contribution in [0.25, 0.3) is 0 Å². The smallest absolute Gasteiger partial charge is 0.0459 e. The molecule has 0 spiro atoms. The number of rotatable bonds is 2. The first-order valence-electron chi connectivity index (χ1n) is 6.41. The first-order chi connectivity index (χ1) is 7.66. The third-order valence-corrected chi connectivity index (χ3v) is 5.17. The molecule has 2 atom stereocenters. The Morgan fingerprint density at radius 3 is 2.88 bits per heavy atom. The third-order valence-electron chi connectivity index (χ3n) is 4.04. The second kappa shape index (κ2) is 5.25. The molecule has 0 radical (unpaired) electrons. The normalized spacial score (nSPS) is 38.8. The summed E-state index contributed by atoms with van der Waals surface area (Å²) in [4.78, 5) is 5.12. The molecule has 2 fully saturated rings. The van der Waals surface area contributed by atoms with Crippen molar-refractivity contribution >= 4 is 11.8 Å². The van der Waals surface area contributed by atoms with E-state index in [0.717, 1.165) is 18.3 Å². The molecule has 2 heterocycles. The van der Waals surface area contributed by atoms with Gasteiger partial charge in [0.2, 0.25) is 0 Å². The van der Waals surface area contributed by atoms with Crippen molar-refractivity contribution in [1.82, 2.24) is 9.80 Å². The third kappa shape index (κ3) is 2.55. The molecule has 4 heteroatoms. The van der Waals surface area contributed by atoms with Crippen LogP contribution < -0.4 is 5.73 Å². The molecule has 2 aliphatic rings. The number of likely N-dealkylation sites (tertiary alicyclic amines) is 1. The van der Waals surface area contributed by atoms with Crippen molar-refractivity contribution in [3.05, 3.63) is 0 Å². The molecule has 94 valence electrons. The molecule has 2 unspecified atom stereocenters. The van der Waals surface area contributed by atoms with Gasteiger partial charge in [0.15, 0.2) is 0 Å². The van der Waals surface area contributed by atoms with Gasteiger partial charge in [-0.25, -0.2) is 0 Å². The van der Waals surface area contributed by atoms with Gasteiger partial charge in [-0.15, -0.1) is 0 Å². The number of nitrogens with zero attached hydrogens (tertiary/aromatic N) is 2. The number of hydrogen-bond acceptors (Lipinski definition) is 4. The van der Waals surface area contributed by atoms with Gasteiger partial charge in [0.1, 0.15) is 0 Å². The summed E-state index contributed by atoms with van der Waals surface area (Å²) >= 11 is 2.10. The Morgan fingerprint density at radius 1 is 1.44 bits per heavy atom. The van der Waals surface area contributed by atoms with E-state index in [1.165, 1.54) is 38.2 Å². The lowest BCUT2D eigenvalue weighted by Crippen LogP contribution is -2.64. The summed E-state index contributed by atoms with van der Waals surface area (Å²) in [7, 11) is 2.23. The maximum Gasteiger partial charge on any atom is 0.0459 e. The van der Waals surface area contributed by atoms with Gasteiger partial charge in [-0.1, -0.05) is 6.92 Å². The minimum absolute atomic E-state index is 0.266. The number of likely N-dealkylation sites (N-methyl/N-ethyl adjacent to an activating group) is 1. The lowest BCUT2D eigenvalue weighted by molar-refractivity contribution is 0.0289. The van der Waals surface area contributed by atoms with Crippen LogP contribution in [-0.2, 0) is 0 Å². The van der Waals surface area contributed by atoms with E-state index in [1.54, 1.807) is 0 Å². The molecule has 2 N–H and O–H groups in total. The van der Waals surface area contributed by atoms with E-state index in [9.17, 15) is 0 Å². The SMILES string of the molecule is CC1CN(C2(CN)CCCN(C)C2)CCS1. The Kier molecular flexibility index (Phi) is 4.16. The minimum atomic E-state index is 0.266. The highest BCUT2D eigenvalue weighted by molar-refractivity contribution is 7.99. The second-order valence-corrected chi connectivity index (χ2v) is 6.94. The molecule has 2 aliphatic heterocycles. The number of thioether (sulfide) groups is 1. The first kappa shape index (κ1) is 12.7. The maximum atomic E-state index is 6.10. The summed E-state index contributed by atoms with van der Waals surface area (Å²) in [5.74, 6) is 1.27. The molecular weight excluding hydrogens is 218 g/mol. The van der Waals surface area contributed by atoms with Gasteiger partial charge < -0.3 is 10.6 Å². The van der Waals surface area contributed by atoms with E-state index in [0.29, 0.717) is 0 Å². The summed E-state index contributed by atoms with van der Waals surface area (Å²) in [6.07, 6.45) is 2.58. The second-order valence-electron chi connectivity index (χ2n) is 5.40. The zero-order valence-electron chi connectivity index (χ0n) is 10.6. The van der Waals surface area contributed by atoms with Gasteiger partial charge in [-0.05, 0) is 26.4 Å². The van der Waals surface area contributed by atoms with E-state index in [-0.39, 0.29) is 5.54 Å². The zero-order valence-corrected chi connectivity index (χ0v) is 11.4. The maximum absolute atomic E-state index is 6.10. The Morgan fingerprint density at radius 2 is 2.25 bits per heavy atom. The Labute approximate surface area is 104 Å². The van der Waals surface area contributed by atoms with Crippen molar-refractivity contribution < 1.29 is 0 Å². The van der Waals surface area contributed by atoms with Crippen molar-refractivity contribution in [3.8, 4) is 0 Å². The molecule has 0 saturated carbocycles. The van der Waals surface area contributed by atoms with Crippen LogP contribution >= 0.6 is 11.8 Å². The first-order valence-corrected chi connectivity index (χ1v) is 7.46. The van der Waals surface area contributed by atoms with Crippen LogP contribution in [-0.4, -0.2) is 66.1 Å². The molecule has 2 rings (SSSR count). The van der Waals surface area contributed by atoms with Crippen molar-refractivity contribution in [2.24, 2.45) is 5.73 Å². The Balaban J connectivity index is 2.07. The standard InChI is InChI=1S/C12H25N3S/c1-11-8-15(6-7-16-11)12(9-13)4-3-5-14(2)10-12/h11H,3-10,13H2,1-2H3. The summed E-state index contributed by atoms with van der Waals surface area (Å²) in [5.41, 5.74) is 6.37. The van der Waals surface area contributed by atoms with Crippen molar-refractivity contribution in [3.63, 3.8) is 0 Å². The Bertz CT molecular complexity index is 236. The van der Waals surface area contributed by atoms with Gasteiger partial charge in [0, 0.05) is 42.7 Å². The quantitative estimate of drug-likeness (QED) is 0.779. The van der Waals surface area contributed by atoms with Gasteiger partial charge in [-0.2, -0.15) is 11.8 Å². The molecule has 16 heavy (non-hydrogen) atoms. The van der Waals surface area contributed by atoms with Crippen molar-refractivity contribution in [2.75, 3.05) is 45.5 Å². The highest BCUT2D eigenvalue weighted by Gasteiger charge is 2.40. The zero-order chi connectivity index (χ0) is 11.6. The number of nitrogens with two attached hydrogens (primary N) is 1. The van der Waals surface area contributed by atoms with Crippen LogP contribution in [0.1, 0.15) is 19.8 Å². The van der Waals surface area contributed by atoms with Crippen molar-refractivity contribution in [1.29, 1.82) is 0 Å².